The van der Waals surface area contributed by atoms with Crippen molar-refractivity contribution in [2.75, 3.05) is 58.8 Å². The molecule has 1 aliphatic rings. The summed E-state index contributed by atoms with van der Waals surface area (Å²) in [6, 6.07) is 4.05. The van der Waals surface area contributed by atoms with E-state index in [0.717, 1.165) is 30.4 Å². The van der Waals surface area contributed by atoms with Gasteiger partial charge in [0, 0.05) is 60.1 Å². The van der Waals surface area contributed by atoms with Crippen molar-refractivity contribution in [3.8, 4) is 0 Å². The van der Waals surface area contributed by atoms with E-state index in [1.165, 1.54) is 0 Å². The van der Waals surface area contributed by atoms with Crippen LogP contribution in [0.25, 0.3) is 0 Å². The Morgan fingerprint density at radius 3 is 2.54 bits per heavy atom. The first kappa shape index (κ1) is 22.3. The third kappa shape index (κ3) is 6.19. The average molecular weight is 476 g/mol. The number of carbonyl (C=O) groups is 1. The van der Waals surface area contributed by atoms with E-state index >= 15 is 0 Å². The zero-order valence-electron chi connectivity index (χ0n) is 15.9. The maximum atomic E-state index is 11.8. The maximum absolute atomic E-state index is 11.8. The molecule has 0 radical (unpaired) electrons. The van der Waals surface area contributed by atoms with E-state index < -0.39 is 0 Å². The molecule has 0 unspecified atom stereocenters. The van der Waals surface area contributed by atoms with Crippen molar-refractivity contribution in [3.05, 3.63) is 23.9 Å². The zero-order valence-corrected chi connectivity index (χ0v) is 18.3. The summed E-state index contributed by atoms with van der Waals surface area (Å²) in [6.45, 7) is 5.65. The molecule has 1 aromatic heterocycles. The van der Waals surface area contributed by atoms with E-state index in [9.17, 15) is 4.79 Å². The van der Waals surface area contributed by atoms with Gasteiger partial charge in [0.25, 0.3) is 0 Å². The van der Waals surface area contributed by atoms with Gasteiger partial charge in [0.05, 0.1) is 6.61 Å². The zero-order chi connectivity index (χ0) is 18.2. The van der Waals surface area contributed by atoms with Crippen LogP contribution in [0.15, 0.2) is 23.3 Å². The number of pyridine rings is 1. The number of ether oxygens (including phenoxy) is 1. The molecule has 1 aliphatic heterocycles. The van der Waals surface area contributed by atoms with Crippen LogP contribution < -0.4 is 10.2 Å². The standard InChI is InChI=1S/C17H28N6O2.HI/c1-5-25-17(24)23-10-8-22(9-11-23)16(18-2)20-13-14-6-7-19-15(12-14)21(3)4;/h6-7,12H,5,8-11,13H2,1-4H3,(H,18,20);1H. The second-order valence-corrected chi connectivity index (χ2v) is 5.99. The van der Waals surface area contributed by atoms with Crippen LogP contribution in [-0.4, -0.2) is 80.8 Å². The van der Waals surface area contributed by atoms with Gasteiger partial charge in [-0.25, -0.2) is 9.78 Å². The maximum Gasteiger partial charge on any atom is 0.409 e. The minimum Gasteiger partial charge on any atom is -0.450 e. The summed E-state index contributed by atoms with van der Waals surface area (Å²) in [5.74, 6) is 1.77. The molecule has 0 aromatic carbocycles. The van der Waals surface area contributed by atoms with Gasteiger partial charge >= 0.3 is 6.09 Å². The number of piperazine rings is 1. The summed E-state index contributed by atoms with van der Waals surface area (Å²) in [5.41, 5.74) is 1.14. The molecule has 2 heterocycles. The molecule has 1 aromatic rings. The van der Waals surface area contributed by atoms with Crippen LogP contribution in [0.1, 0.15) is 12.5 Å². The van der Waals surface area contributed by atoms with Gasteiger partial charge in [-0.2, -0.15) is 0 Å². The minimum absolute atomic E-state index is 0. The van der Waals surface area contributed by atoms with Gasteiger partial charge in [0.1, 0.15) is 5.82 Å². The Kier molecular flexibility index (Phi) is 9.46. The van der Waals surface area contributed by atoms with Crippen molar-refractivity contribution in [1.82, 2.24) is 20.1 Å². The molecule has 1 N–H and O–H groups in total. The predicted octanol–water partition coefficient (Wildman–Crippen LogP) is 1.62. The number of guanidine groups is 1. The monoisotopic (exact) mass is 476 g/mol. The van der Waals surface area contributed by atoms with Crippen LogP contribution in [0.4, 0.5) is 10.6 Å². The lowest BCUT2D eigenvalue weighted by molar-refractivity contribution is 0.0914. The first-order valence-electron chi connectivity index (χ1n) is 8.54. The second-order valence-electron chi connectivity index (χ2n) is 5.99. The summed E-state index contributed by atoms with van der Waals surface area (Å²) >= 11 is 0. The minimum atomic E-state index is -0.238. The number of aromatic nitrogens is 1. The van der Waals surface area contributed by atoms with Crippen LogP contribution in [0, 0.1) is 0 Å². The second kappa shape index (κ2) is 11.0. The Bertz CT molecular complexity index is 603. The highest BCUT2D eigenvalue weighted by Gasteiger charge is 2.23. The van der Waals surface area contributed by atoms with Gasteiger partial charge in [-0.3, -0.25) is 4.99 Å². The summed E-state index contributed by atoms with van der Waals surface area (Å²) < 4.78 is 5.05. The van der Waals surface area contributed by atoms with Crippen LogP contribution >= 0.6 is 24.0 Å². The van der Waals surface area contributed by atoms with Crippen molar-refractivity contribution in [2.24, 2.45) is 4.99 Å². The molecule has 0 bridgehead atoms. The lowest BCUT2D eigenvalue weighted by Crippen LogP contribution is -2.53. The molecule has 0 spiro atoms. The van der Waals surface area contributed by atoms with Gasteiger partial charge in [-0.05, 0) is 24.6 Å². The number of aliphatic imine (C=N–C) groups is 1. The molecule has 1 amide bonds. The lowest BCUT2D eigenvalue weighted by atomic mass is 10.2. The Morgan fingerprint density at radius 1 is 1.31 bits per heavy atom. The van der Waals surface area contributed by atoms with Crippen molar-refractivity contribution in [1.29, 1.82) is 0 Å². The molecule has 2 rings (SSSR count). The number of hydrogen-bond donors (Lipinski definition) is 1. The summed E-state index contributed by atoms with van der Waals surface area (Å²) in [4.78, 5) is 26.3. The SMILES string of the molecule is CCOC(=O)N1CCN(C(=NC)NCc2ccnc(N(C)C)c2)CC1.I. The molecule has 0 saturated carbocycles. The lowest BCUT2D eigenvalue weighted by Gasteiger charge is -2.35. The van der Waals surface area contributed by atoms with Gasteiger partial charge in [-0.1, -0.05) is 0 Å². The predicted molar refractivity (Wildman–Crippen MR) is 114 cm³/mol. The molecule has 9 heteroatoms. The molecular formula is C17H29IN6O2. The number of halogens is 1. The third-order valence-electron chi connectivity index (χ3n) is 4.04. The fourth-order valence-corrected chi connectivity index (χ4v) is 2.64. The molecule has 146 valence electrons. The van der Waals surface area contributed by atoms with Crippen LogP contribution in [0.3, 0.4) is 0 Å². The molecule has 26 heavy (non-hydrogen) atoms. The summed E-state index contributed by atoms with van der Waals surface area (Å²) in [6.07, 6.45) is 1.57. The van der Waals surface area contributed by atoms with Crippen molar-refractivity contribution < 1.29 is 9.53 Å². The average Bonchev–Trinajstić information content (AvgIpc) is 2.63. The number of hydrogen-bond acceptors (Lipinski definition) is 5. The highest BCUT2D eigenvalue weighted by atomic mass is 127. The van der Waals surface area contributed by atoms with E-state index in [1.54, 1.807) is 11.9 Å². The third-order valence-corrected chi connectivity index (χ3v) is 4.04. The van der Waals surface area contributed by atoms with E-state index in [4.69, 9.17) is 4.74 Å². The number of amides is 1. The summed E-state index contributed by atoms with van der Waals surface area (Å²) in [7, 11) is 5.72. The van der Waals surface area contributed by atoms with E-state index in [-0.39, 0.29) is 30.1 Å². The van der Waals surface area contributed by atoms with Crippen LogP contribution in [0.5, 0.6) is 0 Å². The van der Waals surface area contributed by atoms with E-state index in [0.29, 0.717) is 26.2 Å². The highest BCUT2D eigenvalue weighted by molar-refractivity contribution is 14.0. The largest absolute Gasteiger partial charge is 0.450 e. The number of nitrogens with zero attached hydrogens (tertiary/aromatic N) is 5. The molecule has 8 nitrogen and oxygen atoms in total. The Balaban J connectivity index is 0.00000338. The molecular weight excluding hydrogens is 447 g/mol. The number of anilines is 1. The smallest absolute Gasteiger partial charge is 0.409 e. The van der Waals surface area contributed by atoms with Gasteiger partial charge in [0.15, 0.2) is 5.96 Å². The molecule has 1 saturated heterocycles. The number of carbonyl (C=O) groups excluding carboxylic acids is 1. The Hall–Kier alpha value is -1.78. The Morgan fingerprint density at radius 2 is 1.96 bits per heavy atom. The summed E-state index contributed by atoms with van der Waals surface area (Å²) in [5, 5.41) is 3.39. The topological polar surface area (TPSA) is 73.3 Å². The first-order chi connectivity index (χ1) is 12.0. The van der Waals surface area contributed by atoms with Crippen LogP contribution in [0.2, 0.25) is 0 Å². The molecule has 1 fully saturated rings. The van der Waals surface area contributed by atoms with Gasteiger partial charge < -0.3 is 24.8 Å². The first-order valence-corrected chi connectivity index (χ1v) is 8.54. The van der Waals surface area contributed by atoms with Crippen molar-refractivity contribution in [2.45, 2.75) is 13.5 Å². The Labute approximate surface area is 172 Å². The van der Waals surface area contributed by atoms with Gasteiger partial charge in [-0.15, -0.1) is 24.0 Å². The molecule has 0 aliphatic carbocycles. The highest BCUT2D eigenvalue weighted by Crippen LogP contribution is 2.10. The van der Waals surface area contributed by atoms with Crippen molar-refractivity contribution in [3.63, 3.8) is 0 Å². The normalized spacial score (nSPS) is 14.5. The van der Waals surface area contributed by atoms with E-state index in [2.05, 4.69) is 26.3 Å². The van der Waals surface area contributed by atoms with Crippen LogP contribution in [-0.2, 0) is 11.3 Å². The van der Waals surface area contributed by atoms with E-state index in [1.807, 2.05) is 38.2 Å². The fourth-order valence-electron chi connectivity index (χ4n) is 2.64. The fraction of sp³-hybridized carbons (Fsp3) is 0.588. The quantitative estimate of drug-likeness (QED) is 0.405. The van der Waals surface area contributed by atoms with Gasteiger partial charge in [0.2, 0.25) is 0 Å². The number of rotatable bonds is 4. The molecule has 0 atom stereocenters. The number of nitrogens with one attached hydrogen (secondary N) is 1. The van der Waals surface area contributed by atoms with Crippen molar-refractivity contribution >= 4 is 41.8 Å².